The Hall–Kier alpha value is -0.0400. The molecule has 1 heteroatoms. The van der Waals surface area contributed by atoms with Crippen molar-refractivity contribution in [1.29, 1.82) is 0 Å². The fraction of sp³-hybridized carbons (Fsp3) is 1.00. The molecule has 0 atom stereocenters. The zero-order valence-electron chi connectivity index (χ0n) is 9.81. The van der Waals surface area contributed by atoms with Crippen LogP contribution in [0.1, 0.15) is 72.1 Å². The van der Waals surface area contributed by atoms with E-state index in [1.807, 2.05) is 0 Å². The fourth-order valence-electron chi connectivity index (χ4n) is 1.21. The Morgan fingerprint density at radius 3 is 1.08 bits per heavy atom. The van der Waals surface area contributed by atoms with Gasteiger partial charge in [-0.3, -0.25) is 0 Å². The van der Waals surface area contributed by atoms with Crippen molar-refractivity contribution in [3.05, 3.63) is 0 Å². The van der Waals surface area contributed by atoms with Crippen LogP contribution in [0.15, 0.2) is 0 Å². The molecule has 0 heterocycles. The van der Waals surface area contributed by atoms with Gasteiger partial charge in [-0.1, -0.05) is 65.2 Å². The second-order valence-electron chi connectivity index (χ2n) is 3.44. The van der Waals surface area contributed by atoms with Crippen molar-refractivity contribution in [3.8, 4) is 0 Å². The molecule has 82 valence electrons. The molecule has 0 aromatic rings. The van der Waals surface area contributed by atoms with Crippen molar-refractivity contribution in [2.24, 2.45) is 0 Å². The molecule has 0 saturated heterocycles. The maximum atomic E-state index is 7.57. The summed E-state index contributed by atoms with van der Waals surface area (Å²) in [6, 6.07) is 0. The lowest BCUT2D eigenvalue weighted by molar-refractivity contribution is 0.318. The van der Waals surface area contributed by atoms with Gasteiger partial charge in [0, 0.05) is 6.61 Å². The Kier molecular flexibility index (Phi) is 21.2. The highest BCUT2D eigenvalue weighted by Gasteiger charge is 1.87. The average Bonchev–Trinajstić information content (AvgIpc) is 2.13. The molecule has 0 spiro atoms. The number of unbranched alkanes of at least 4 members (excludes halogenated alkanes) is 7. The van der Waals surface area contributed by atoms with Crippen molar-refractivity contribution >= 4 is 0 Å². The van der Waals surface area contributed by atoms with Gasteiger partial charge in [0.05, 0.1) is 0 Å². The average molecular weight is 188 g/mol. The van der Waals surface area contributed by atoms with E-state index in [0.29, 0.717) is 0 Å². The Labute approximate surface area is 84.6 Å². The zero-order chi connectivity index (χ0) is 10.4. The fourth-order valence-corrected chi connectivity index (χ4v) is 1.21. The Morgan fingerprint density at radius 2 is 0.846 bits per heavy atom. The van der Waals surface area contributed by atoms with Crippen LogP contribution in [-0.4, -0.2) is 11.7 Å². The first-order chi connectivity index (χ1) is 6.33. The van der Waals surface area contributed by atoms with E-state index >= 15 is 0 Å². The molecular weight excluding hydrogens is 160 g/mol. The third kappa shape index (κ3) is 24.5. The van der Waals surface area contributed by atoms with Gasteiger partial charge in [0.2, 0.25) is 0 Å². The number of aliphatic hydroxyl groups is 1. The Bertz CT molecular complexity index is 54.1. The van der Waals surface area contributed by atoms with Crippen molar-refractivity contribution in [1.82, 2.24) is 0 Å². The monoisotopic (exact) mass is 188 g/mol. The molecule has 0 bridgehead atoms. The van der Waals surface area contributed by atoms with E-state index in [-0.39, 0.29) is 6.61 Å². The predicted octanol–water partition coefficient (Wildman–Crippen LogP) is 4.15. The van der Waals surface area contributed by atoms with Gasteiger partial charge in [0.15, 0.2) is 0 Å². The highest BCUT2D eigenvalue weighted by atomic mass is 16.2. The maximum absolute atomic E-state index is 7.57. The summed E-state index contributed by atoms with van der Waals surface area (Å²) in [5.41, 5.74) is 0. The topological polar surface area (TPSA) is 20.2 Å². The molecule has 13 heavy (non-hydrogen) atoms. The normalized spacial score (nSPS) is 9.23. The summed E-state index contributed by atoms with van der Waals surface area (Å²) in [7, 11) is 0. The van der Waals surface area contributed by atoms with Crippen molar-refractivity contribution in [2.45, 2.75) is 72.1 Å². The number of hydrogen-bond acceptors (Lipinski definition) is 1. The van der Waals surface area contributed by atoms with Crippen LogP contribution in [0.2, 0.25) is 0 Å². The van der Waals surface area contributed by atoms with E-state index in [9.17, 15) is 0 Å². The SMILES string of the molecule is CCCCCCCCCC.CCO. The quantitative estimate of drug-likeness (QED) is 0.595. The maximum Gasteiger partial charge on any atom is 0.0402 e. The molecule has 1 nitrogen and oxygen atoms in total. The van der Waals surface area contributed by atoms with Gasteiger partial charge in [-0.25, -0.2) is 0 Å². The van der Waals surface area contributed by atoms with Crippen LogP contribution in [0.25, 0.3) is 0 Å². The largest absolute Gasteiger partial charge is 0.397 e. The van der Waals surface area contributed by atoms with Crippen LogP contribution >= 0.6 is 0 Å². The molecule has 0 saturated carbocycles. The van der Waals surface area contributed by atoms with E-state index in [1.54, 1.807) is 6.92 Å². The van der Waals surface area contributed by atoms with Gasteiger partial charge in [-0.15, -0.1) is 0 Å². The zero-order valence-corrected chi connectivity index (χ0v) is 9.81. The minimum absolute atomic E-state index is 0.250. The molecule has 0 radical (unpaired) electrons. The molecular formula is C12H28O. The van der Waals surface area contributed by atoms with Crippen LogP contribution in [0.3, 0.4) is 0 Å². The Morgan fingerprint density at radius 1 is 0.615 bits per heavy atom. The van der Waals surface area contributed by atoms with E-state index in [2.05, 4.69) is 13.8 Å². The summed E-state index contributed by atoms with van der Waals surface area (Å²) < 4.78 is 0. The molecule has 1 N–H and O–H groups in total. The third-order valence-electron chi connectivity index (χ3n) is 1.96. The molecule has 0 amide bonds. The van der Waals surface area contributed by atoms with E-state index in [0.717, 1.165) is 0 Å². The van der Waals surface area contributed by atoms with Crippen LogP contribution < -0.4 is 0 Å². The molecule has 0 fully saturated rings. The summed E-state index contributed by atoms with van der Waals surface area (Å²) in [4.78, 5) is 0. The smallest absolute Gasteiger partial charge is 0.0402 e. The van der Waals surface area contributed by atoms with E-state index in [1.165, 1.54) is 51.4 Å². The van der Waals surface area contributed by atoms with Crippen LogP contribution in [0, 0.1) is 0 Å². The molecule has 0 unspecified atom stereocenters. The second kappa shape index (κ2) is 17.9. The molecule has 0 aromatic carbocycles. The molecule has 0 aliphatic rings. The first-order valence-electron chi connectivity index (χ1n) is 5.94. The van der Waals surface area contributed by atoms with E-state index in [4.69, 9.17) is 5.11 Å². The van der Waals surface area contributed by atoms with Gasteiger partial charge < -0.3 is 5.11 Å². The lowest BCUT2D eigenvalue weighted by Crippen LogP contribution is -1.77. The molecule has 0 aliphatic carbocycles. The first-order valence-corrected chi connectivity index (χ1v) is 5.94. The minimum atomic E-state index is 0.250. The lowest BCUT2D eigenvalue weighted by atomic mass is 10.1. The van der Waals surface area contributed by atoms with Gasteiger partial charge >= 0.3 is 0 Å². The number of hydrogen-bond donors (Lipinski definition) is 1. The minimum Gasteiger partial charge on any atom is -0.397 e. The summed E-state index contributed by atoms with van der Waals surface area (Å²) in [5, 5.41) is 7.57. The summed E-state index contributed by atoms with van der Waals surface area (Å²) in [5.74, 6) is 0. The molecule has 0 rings (SSSR count). The summed E-state index contributed by atoms with van der Waals surface area (Å²) >= 11 is 0. The van der Waals surface area contributed by atoms with E-state index < -0.39 is 0 Å². The second-order valence-corrected chi connectivity index (χ2v) is 3.44. The van der Waals surface area contributed by atoms with Crippen LogP contribution in [-0.2, 0) is 0 Å². The van der Waals surface area contributed by atoms with Crippen molar-refractivity contribution in [3.63, 3.8) is 0 Å². The molecule has 0 aliphatic heterocycles. The van der Waals surface area contributed by atoms with Gasteiger partial charge in [0.1, 0.15) is 0 Å². The first kappa shape index (κ1) is 15.4. The lowest BCUT2D eigenvalue weighted by Gasteiger charge is -1.97. The highest BCUT2D eigenvalue weighted by Crippen LogP contribution is 2.07. The summed E-state index contributed by atoms with van der Waals surface area (Å²) in [6.07, 6.45) is 11.5. The predicted molar refractivity (Wildman–Crippen MR) is 61.0 cm³/mol. The van der Waals surface area contributed by atoms with Gasteiger partial charge in [-0.2, -0.15) is 0 Å². The van der Waals surface area contributed by atoms with Gasteiger partial charge in [-0.05, 0) is 6.92 Å². The van der Waals surface area contributed by atoms with Crippen molar-refractivity contribution < 1.29 is 5.11 Å². The number of aliphatic hydroxyl groups excluding tert-OH is 1. The highest BCUT2D eigenvalue weighted by molar-refractivity contribution is 4.43. The number of rotatable bonds is 7. The van der Waals surface area contributed by atoms with Gasteiger partial charge in [0.25, 0.3) is 0 Å². The van der Waals surface area contributed by atoms with Crippen LogP contribution in [0.5, 0.6) is 0 Å². The standard InChI is InChI=1S/C10H22.C2H6O/c1-3-5-7-9-10-8-6-4-2;1-2-3/h3-10H2,1-2H3;3H,2H2,1H3. The van der Waals surface area contributed by atoms with Crippen molar-refractivity contribution in [2.75, 3.05) is 6.61 Å². The summed E-state index contributed by atoms with van der Waals surface area (Å²) in [6.45, 7) is 6.47. The van der Waals surface area contributed by atoms with Crippen LogP contribution in [0.4, 0.5) is 0 Å². The Balaban J connectivity index is 0. The molecule has 0 aromatic heterocycles. The third-order valence-corrected chi connectivity index (χ3v) is 1.96.